The Labute approximate surface area is 485 Å². The summed E-state index contributed by atoms with van der Waals surface area (Å²) in [7, 11) is 0. The average molecular weight is 1100 g/mol. The standard InChI is InChI=1S/C45H84O4.C25H48O4/c1-9-11-13-15-17-19-21-23-25-27-37-46-45(48-39-35-43(7)33-29-31-41(3)4,49-40-36-44(8)34-30-32-42(5)6)47-38-28-26-24-22-20-18-16-14-12-10-2;1-9-26-25(27-10-2,28-23-15-19(7)11-13-21(23)17(3)4)29-24-16-20(8)12-14-22(24)18(5)6/h31-32,35-36H,9-30,33-34,37-40H2,1-8H3;17-24H,9-16H2,1-8H3/b43-35+,44-36+;. The molecule has 2 aliphatic carbocycles. The molecular formula is C70H132O8. The van der Waals surface area contributed by atoms with Gasteiger partial charge in [-0.1, -0.05) is 230 Å². The molecule has 6 atom stereocenters. The van der Waals surface area contributed by atoms with Gasteiger partial charge in [0, 0.05) is 0 Å². The molecule has 0 N–H and O–H groups in total. The summed E-state index contributed by atoms with van der Waals surface area (Å²) in [5.74, 6) is 3.50. The van der Waals surface area contributed by atoms with Crippen molar-refractivity contribution in [2.75, 3.05) is 39.6 Å². The molecular weight excluding hydrogens is 969 g/mol. The lowest BCUT2D eigenvalue weighted by Gasteiger charge is -2.45. The molecule has 0 aromatic heterocycles. The molecule has 460 valence electrons. The van der Waals surface area contributed by atoms with Gasteiger partial charge in [-0.05, 0) is 155 Å². The van der Waals surface area contributed by atoms with Gasteiger partial charge in [-0.2, -0.15) is 0 Å². The van der Waals surface area contributed by atoms with Crippen molar-refractivity contribution in [3.63, 3.8) is 0 Å². The third-order valence-corrected chi connectivity index (χ3v) is 16.3. The van der Waals surface area contributed by atoms with Crippen LogP contribution in [0.2, 0.25) is 0 Å². The highest BCUT2D eigenvalue weighted by Crippen LogP contribution is 2.42. The number of rotatable bonds is 46. The third kappa shape index (κ3) is 37.0. The first kappa shape index (κ1) is 74.7. The van der Waals surface area contributed by atoms with Crippen molar-refractivity contribution in [2.24, 2.45) is 35.5 Å². The van der Waals surface area contributed by atoms with Gasteiger partial charge in [-0.3, -0.25) is 18.9 Å². The minimum absolute atomic E-state index is 0.107. The van der Waals surface area contributed by atoms with Crippen molar-refractivity contribution >= 4 is 0 Å². The molecule has 2 rings (SSSR count). The topological polar surface area (TPSA) is 73.8 Å². The second-order valence-electron chi connectivity index (χ2n) is 25.3. The summed E-state index contributed by atoms with van der Waals surface area (Å²) in [6, 6.07) is 0. The average Bonchev–Trinajstić information content (AvgIpc) is 3.37. The maximum absolute atomic E-state index is 6.70. The summed E-state index contributed by atoms with van der Waals surface area (Å²) in [4.78, 5) is 0. The zero-order valence-corrected chi connectivity index (χ0v) is 54.7. The van der Waals surface area contributed by atoms with Gasteiger partial charge in [0.25, 0.3) is 0 Å². The van der Waals surface area contributed by atoms with Gasteiger partial charge >= 0.3 is 12.3 Å². The van der Waals surface area contributed by atoms with E-state index < -0.39 is 12.3 Å². The Morgan fingerprint density at radius 2 is 0.744 bits per heavy atom. The predicted octanol–water partition coefficient (Wildman–Crippen LogP) is 21.5. The fraction of sp³-hybridized carbons (Fsp3) is 0.886. The fourth-order valence-corrected chi connectivity index (χ4v) is 11.2. The molecule has 0 aliphatic heterocycles. The summed E-state index contributed by atoms with van der Waals surface area (Å²) < 4.78 is 51.4. The first-order valence-electron chi connectivity index (χ1n) is 33.2. The van der Waals surface area contributed by atoms with Gasteiger partial charge in [-0.25, -0.2) is 0 Å². The molecule has 78 heavy (non-hydrogen) atoms. The van der Waals surface area contributed by atoms with E-state index in [1.807, 2.05) is 13.8 Å². The van der Waals surface area contributed by atoms with Gasteiger partial charge < -0.3 is 18.9 Å². The molecule has 2 aliphatic rings. The van der Waals surface area contributed by atoms with Crippen LogP contribution in [-0.2, 0) is 37.9 Å². The molecule has 0 radical (unpaired) electrons. The Kier molecular flexibility index (Phi) is 45.0. The summed E-state index contributed by atoms with van der Waals surface area (Å²) in [6.07, 6.45) is 43.2. The highest BCUT2D eigenvalue weighted by Gasteiger charge is 2.47. The van der Waals surface area contributed by atoms with Crippen LogP contribution < -0.4 is 0 Å². The van der Waals surface area contributed by atoms with Crippen LogP contribution in [0, 0.1) is 35.5 Å². The number of hydrogen-bond acceptors (Lipinski definition) is 8. The van der Waals surface area contributed by atoms with E-state index in [0.29, 0.717) is 75.1 Å². The zero-order chi connectivity index (χ0) is 57.9. The summed E-state index contributed by atoms with van der Waals surface area (Å²) in [6.45, 7) is 38.4. The SMILES string of the molecule is CCCCCCCCCCCCOC(OC/C=C(\C)CCC=C(C)C)(OC/C=C(\C)CCC=C(C)C)OCCCCCCCCCCCC.CCOC(OCC)(OC1CC(C)CCC1C(C)C)OC1CC(C)CCC1C(C)C. The minimum Gasteiger partial charge on any atom is -0.304 e. The maximum atomic E-state index is 6.70. The van der Waals surface area contributed by atoms with Crippen LogP contribution in [0.3, 0.4) is 0 Å². The molecule has 0 amide bonds. The summed E-state index contributed by atoms with van der Waals surface area (Å²) in [5, 5.41) is 0. The molecule has 2 saturated carbocycles. The Hall–Kier alpha value is -1.36. The van der Waals surface area contributed by atoms with Crippen LogP contribution >= 0.6 is 0 Å². The van der Waals surface area contributed by atoms with Crippen LogP contribution in [-0.4, -0.2) is 64.2 Å². The Morgan fingerprint density at radius 1 is 0.410 bits per heavy atom. The molecule has 6 unspecified atom stereocenters. The van der Waals surface area contributed by atoms with E-state index in [-0.39, 0.29) is 12.2 Å². The molecule has 2 fully saturated rings. The van der Waals surface area contributed by atoms with Crippen LogP contribution in [0.15, 0.2) is 46.6 Å². The molecule has 0 heterocycles. The lowest BCUT2D eigenvalue weighted by molar-refractivity contribution is -0.523. The number of ether oxygens (including phenoxy) is 8. The minimum atomic E-state index is -1.48. The van der Waals surface area contributed by atoms with Crippen molar-refractivity contribution in [2.45, 2.75) is 328 Å². The second kappa shape index (κ2) is 47.0. The van der Waals surface area contributed by atoms with E-state index in [1.54, 1.807) is 0 Å². The van der Waals surface area contributed by atoms with E-state index in [1.165, 1.54) is 151 Å². The van der Waals surface area contributed by atoms with Crippen molar-refractivity contribution in [1.82, 2.24) is 0 Å². The van der Waals surface area contributed by atoms with Crippen molar-refractivity contribution in [3.05, 3.63) is 46.6 Å². The smallest absolute Gasteiger partial charge is 0.304 e. The van der Waals surface area contributed by atoms with E-state index in [4.69, 9.17) is 37.9 Å². The molecule has 0 aromatic rings. The molecule has 8 heteroatoms. The Balaban J connectivity index is 0.000000884. The van der Waals surface area contributed by atoms with Crippen molar-refractivity contribution < 1.29 is 37.9 Å². The third-order valence-electron chi connectivity index (χ3n) is 16.3. The molecule has 0 saturated heterocycles. The van der Waals surface area contributed by atoms with Crippen molar-refractivity contribution in [3.8, 4) is 0 Å². The molecule has 0 bridgehead atoms. The zero-order valence-electron chi connectivity index (χ0n) is 54.7. The highest BCUT2D eigenvalue weighted by molar-refractivity contribution is 5.03. The van der Waals surface area contributed by atoms with Crippen LogP contribution in [0.5, 0.6) is 0 Å². The van der Waals surface area contributed by atoms with Gasteiger partial charge in [-0.15, -0.1) is 0 Å². The van der Waals surface area contributed by atoms with Gasteiger partial charge in [0.1, 0.15) is 0 Å². The summed E-state index contributed by atoms with van der Waals surface area (Å²) >= 11 is 0. The fourth-order valence-electron chi connectivity index (χ4n) is 11.2. The molecule has 8 nitrogen and oxygen atoms in total. The molecule has 0 aromatic carbocycles. The van der Waals surface area contributed by atoms with Crippen LogP contribution in [0.4, 0.5) is 0 Å². The Morgan fingerprint density at radius 3 is 1.05 bits per heavy atom. The number of hydrogen-bond donors (Lipinski definition) is 0. The van der Waals surface area contributed by atoms with E-state index in [2.05, 4.69) is 121 Å². The first-order valence-corrected chi connectivity index (χ1v) is 33.2. The predicted molar refractivity (Wildman–Crippen MR) is 333 cm³/mol. The van der Waals surface area contributed by atoms with Crippen LogP contribution in [0.25, 0.3) is 0 Å². The summed E-state index contributed by atoms with van der Waals surface area (Å²) in [5.41, 5.74) is 5.35. The van der Waals surface area contributed by atoms with E-state index in [9.17, 15) is 0 Å². The largest absolute Gasteiger partial charge is 0.413 e. The quantitative estimate of drug-likeness (QED) is 0.0339. The van der Waals surface area contributed by atoms with E-state index >= 15 is 0 Å². The highest BCUT2D eigenvalue weighted by atomic mass is 17.0. The van der Waals surface area contributed by atoms with Crippen molar-refractivity contribution in [1.29, 1.82) is 0 Å². The molecule has 0 spiro atoms. The second-order valence-corrected chi connectivity index (χ2v) is 25.3. The maximum Gasteiger partial charge on any atom is 0.413 e. The van der Waals surface area contributed by atoms with Gasteiger partial charge in [0.2, 0.25) is 0 Å². The van der Waals surface area contributed by atoms with Gasteiger partial charge in [0.15, 0.2) is 0 Å². The number of allylic oxidation sites excluding steroid dienone is 6. The normalized spacial score (nSPS) is 20.5. The van der Waals surface area contributed by atoms with E-state index in [0.717, 1.165) is 64.2 Å². The Bertz CT molecular complexity index is 1410. The lowest BCUT2D eigenvalue weighted by atomic mass is 9.75. The van der Waals surface area contributed by atoms with Gasteiger partial charge in [0.05, 0.1) is 51.8 Å². The monoisotopic (exact) mass is 1100 g/mol. The number of unbranched alkanes of at least 4 members (excludes halogenated alkanes) is 18. The lowest BCUT2D eigenvalue weighted by Crippen LogP contribution is -2.52. The first-order chi connectivity index (χ1) is 37.5. The van der Waals surface area contributed by atoms with Crippen LogP contribution in [0.1, 0.15) is 303 Å².